The smallest absolute Gasteiger partial charge is 0.268 e. The van der Waals surface area contributed by atoms with Crippen LogP contribution in [0.15, 0.2) is 97.2 Å². The third-order valence-corrected chi connectivity index (χ3v) is 15.7. The third kappa shape index (κ3) is 63.0. The van der Waals surface area contributed by atoms with Crippen molar-refractivity contribution in [1.29, 1.82) is 0 Å². The van der Waals surface area contributed by atoms with E-state index in [1.54, 1.807) is 6.08 Å². The van der Waals surface area contributed by atoms with Crippen molar-refractivity contribution in [2.24, 2.45) is 0 Å². The molecule has 0 heterocycles. The molecule has 0 saturated carbocycles. The van der Waals surface area contributed by atoms with Crippen LogP contribution in [0.4, 0.5) is 0 Å². The number of unbranched alkanes of at least 4 members (excludes halogenated alkanes) is 34. The molecule has 0 aromatic heterocycles. The van der Waals surface area contributed by atoms with Crippen LogP contribution >= 0.6 is 7.82 Å². The zero-order chi connectivity index (χ0) is 58.4. The molecule has 8 nitrogen and oxygen atoms in total. The Kier molecular flexibility index (Phi) is 59.0. The Morgan fingerprint density at radius 1 is 0.450 bits per heavy atom. The second kappa shape index (κ2) is 61.0. The molecule has 0 aliphatic rings. The van der Waals surface area contributed by atoms with Crippen LogP contribution in [-0.2, 0) is 18.4 Å². The van der Waals surface area contributed by atoms with E-state index >= 15 is 0 Å². The van der Waals surface area contributed by atoms with E-state index in [-0.39, 0.29) is 12.5 Å². The van der Waals surface area contributed by atoms with Gasteiger partial charge in [0.25, 0.3) is 7.82 Å². The monoisotopic (exact) mass is 1140 g/mol. The summed E-state index contributed by atoms with van der Waals surface area (Å²) in [4.78, 5) is 25.5. The van der Waals surface area contributed by atoms with Gasteiger partial charge in [-0.3, -0.25) is 9.36 Å². The minimum absolute atomic E-state index is 0.0102. The maximum Gasteiger partial charge on any atom is 0.268 e. The first-order chi connectivity index (χ1) is 39.0. The minimum Gasteiger partial charge on any atom is -0.756 e. The maximum atomic E-state index is 13.0. The lowest BCUT2D eigenvalue weighted by Gasteiger charge is -2.29. The quantitative estimate of drug-likeness (QED) is 0.0272. The number of aliphatic hydroxyl groups excluding tert-OH is 1. The molecule has 464 valence electrons. The number of aliphatic hydroxyl groups is 1. The zero-order valence-electron chi connectivity index (χ0n) is 53.0. The van der Waals surface area contributed by atoms with Gasteiger partial charge >= 0.3 is 0 Å². The van der Waals surface area contributed by atoms with Crippen molar-refractivity contribution in [3.05, 3.63) is 97.2 Å². The van der Waals surface area contributed by atoms with Crippen molar-refractivity contribution in [2.75, 3.05) is 40.9 Å². The molecule has 0 spiro atoms. The molecule has 2 N–H and O–H groups in total. The van der Waals surface area contributed by atoms with Crippen molar-refractivity contribution in [3.8, 4) is 0 Å². The molecule has 0 rings (SSSR count). The number of amides is 1. The number of quaternary nitrogens is 1. The number of nitrogens with zero attached hydrogens (tertiary/aromatic N) is 1. The molecule has 3 unspecified atom stereocenters. The van der Waals surface area contributed by atoms with E-state index in [4.69, 9.17) is 9.05 Å². The first kappa shape index (κ1) is 77.4. The maximum absolute atomic E-state index is 13.0. The Balaban J connectivity index is 3.95. The van der Waals surface area contributed by atoms with E-state index < -0.39 is 26.6 Å². The zero-order valence-corrected chi connectivity index (χ0v) is 53.9. The molecule has 0 aliphatic carbocycles. The summed E-state index contributed by atoms with van der Waals surface area (Å²) in [6.45, 7) is 4.51. The van der Waals surface area contributed by atoms with Crippen LogP contribution in [0.3, 0.4) is 0 Å². The van der Waals surface area contributed by atoms with Gasteiger partial charge in [0.05, 0.1) is 39.9 Å². The summed E-state index contributed by atoms with van der Waals surface area (Å²) in [6.07, 6.45) is 88.2. The highest BCUT2D eigenvalue weighted by Crippen LogP contribution is 2.38. The van der Waals surface area contributed by atoms with Gasteiger partial charge in [-0.2, -0.15) is 0 Å². The standard InChI is InChI=1S/C71H129N2O6P/c1-6-8-10-12-14-16-18-20-22-24-25-26-27-28-29-30-31-32-33-34-35-36-37-38-39-40-41-42-43-44-45-46-47-49-51-53-55-57-59-61-63-65-71(75)72-69(68-79-80(76,77)78-67-66-73(3,4)5)70(74)64-62-60-58-56-54-52-50-48-23-21-19-17-15-13-11-9-7-2/h8,10,14,16,20,22-23,25-26,28-29,48,54,56,62,64,69-70,74H,6-7,9,11-13,15,17-19,21,24,27,30-47,49-53,55,57-61,63,65-68H2,1-5H3,(H-,72,75,76,77)/b10-8-,16-14-,22-20-,26-25-,29-28-,48-23+,56-54+,64-62+. The molecule has 80 heavy (non-hydrogen) atoms. The average Bonchev–Trinajstić information content (AvgIpc) is 3.42. The van der Waals surface area contributed by atoms with Gasteiger partial charge in [-0.25, -0.2) is 0 Å². The number of likely N-dealkylation sites (N-methyl/N-ethyl adjacent to an activating group) is 1. The Hall–Kier alpha value is -2.58. The normalized spacial score (nSPS) is 14.3. The summed E-state index contributed by atoms with van der Waals surface area (Å²) in [5.74, 6) is -0.209. The Labute approximate surface area is 496 Å². The number of allylic oxidation sites excluding steroid dienone is 15. The van der Waals surface area contributed by atoms with E-state index in [0.717, 1.165) is 77.0 Å². The molecule has 9 heteroatoms. The lowest BCUT2D eigenvalue weighted by Crippen LogP contribution is -2.45. The van der Waals surface area contributed by atoms with E-state index in [1.807, 2.05) is 27.2 Å². The van der Waals surface area contributed by atoms with Gasteiger partial charge in [0.15, 0.2) is 0 Å². The summed E-state index contributed by atoms with van der Waals surface area (Å²) < 4.78 is 23.4. The Bertz CT molecular complexity index is 1620. The Morgan fingerprint density at radius 3 is 1.16 bits per heavy atom. The number of phosphoric acid groups is 1. The summed E-state index contributed by atoms with van der Waals surface area (Å²) in [7, 11) is 1.24. The SMILES string of the molecule is CC/C=C\C/C=C\C/C=C\C/C=C\C/C=C\CCCCCCCCCCCCCCCCCCCCCCCCCCCC(=O)NC(COP(=O)([O-])OCC[N+](C)(C)C)C(O)/C=C/CC/C=C/CC/C=C/CCCCCCCCC. The van der Waals surface area contributed by atoms with E-state index in [1.165, 1.54) is 199 Å². The molecule has 0 bridgehead atoms. The van der Waals surface area contributed by atoms with Crippen LogP contribution in [0, 0.1) is 0 Å². The second-order valence-corrected chi connectivity index (χ2v) is 25.2. The van der Waals surface area contributed by atoms with Crippen LogP contribution in [0.1, 0.15) is 296 Å². The lowest BCUT2D eigenvalue weighted by atomic mass is 10.0. The molecule has 0 radical (unpaired) electrons. The van der Waals surface area contributed by atoms with Crippen molar-refractivity contribution in [2.45, 2.75) is 309 Å². The van der Waals surface area contributed by atoms with Crippen LogP contribution < -0.4 is 10.2 Å². The topological polar surface area (TPSA) is 108 Å². The van der Waals surface area contributed by atoms with Crippen LogP contribution in [0.25, 0.3) is 0 Å². The molecule has 1 amide bonds. The highest BCUT2D eigenvalue weighted by atomic mass is 31.2. The van der Waals surface area contributed by atoms with Crippen LogP contribution in [0.2, 0.25) is 0 Å². The number of phosphoric ester groups is 1. The van der Waals surface area contributed by atoms with Gasteiger partial charge in [-0.15, -0.1) is 0 Å². The molecule has 3 atom stereocenters. The van der Waals surface area contributed by atoms with Crippen molar-refractivity contribution < 1.29 is 32.9 Å². The van der Waals surface area contributed by atoms with Crippen molar-refractivity contribution in [3.63, 3.8) is 0 Å². The van der Waals surface area contributed by atoms with E-state index in [9.17, 15) is 19.4 Å². The fraction of sp³-hybridized carbons (Fsp3) is 0.761. The van der Waals surface area contributed by atoms with Crippen LogP contribution in [0.5, 0.6) is 0 Å². The van der Waals surface area contributed by atoms with Gasteiger partial charge in [0, 0.05) is 6.42 Å². The number of nitrogens with one attached hydrogen (secondary N) is 1. The number of hydrogen-bond acceptors (Lipinski definition) is 6. The first-order valence-corrected chi connectivity index (χ1v) is 35.1. The number of hydrogen-bond donors (Lipinski definition) is 2. The molecule has 0 aliphatic heterocycles. The number of carbonyl (C=O) groups is 1. The predicted octanol–water partition coefficient (Wildman–Crippen LogP) is 20.7. The van der Waals surface area contributed by atoms with Gasteiger partial charge in [0.1, 0.15) is 13.2 Å². The molecule has 0 aromatic carbocycles. The average molecular weight is 1140 g/mol. The summed E-state index contributed by atoms with van der Waals surface area (Å²) in [5.41, 5.74) is 0. The molecule has 0 aromatic rings. The van der Waals surface area contributed by atoms with Crippen LogP contribution in [-0.4, -0.2) is 68.5 Å². The van der Waals surface area contributed by atoms with Crippen molar-refractivity contribution >= 4 is 13.7 Å². The molecular weight excluding hydrogens is 1010 g/mol. The fourth-order valence-electron chi connectivity index (χ4n) is 9.57. The predicted molar refractivity (Wildman–Crippen MR) is 348 cm³/mol. The summed E-state index contributed by atoms with van der Waals surface area (Å²) in [6, 6.07) is -0.912. The number of carbonyl (C=O) groups excluding carboxylic acids is 1. The minimum atomic E-state index is -4.61. The molecule has 0 saturated heterocycles. The van der Waals surface area contributed by atoms with Gasteiger partial charge < -0.3 is 28.8 Å². The van der Waals surface area contributed by atoms with E-state index in [2.05, 4.69) is 104 Å². The third-order valence-electron chi connectivity index (χ3n) is 14.8. The van der Waals surface area contributed by atoms with E-state index in [0.29, 0.717) is 17.4 Å². The summed E-state index contributed by atoms with van der Waals surface area (Å²) >= 11 is 0. The highest BCUT2D eigenvalue weighted by Gasteiger charge is 2.23. The van der Waals surface area contributed by atoms with Crippen molar-refractivity contribution in [1.82, 2.24) is 5.32 Å². The highest BCUT2D eigenvalue weighted by molar-refractivity contribution is 7.45. The second-order valence-electron chi connectivity index (χ2n) is 23.8. The van der Waals surface area contributed by atoms with Gasteiger partial charge in [0.2, 0.25) is 5.91 Å². The fourth-order valence-corrected chi connectivity index (χ4v) is 10.3. The largest absolute Gasteiger partial charge is 0.756 e. The molecule has 0 fully saturated rings. The first-order valence-electron chi connectivity index (χ1n) is 33.6. The van der Waals surface area contributed by atoms with Gasteiger partial charge in [-0.1, -0.05) is 297 Å². The lowest BCUT2D eigenvalue weighted by molar-refractivity contribution is -0.870. The summed E-state index contributed by atoms with van der Waals surface area (Å²) in [5, 5.41) is 13.9. The number of rotatable bonds is 61. The molecular formula is C71H129N2O6P. The Morgan fingerprint density at radius 2 is 0.775 bits per heavy atom. The van der Waals surface area contributed by atoms with Gasteiger partial charge in [-0.05, 0) is 89.9 Å².